The Morgan fingerprint density at radius 1 is 1.10 bits per heavy atom. The molecule has 0 spiro atoms. The zero-order valence-corrected chi connectivity index (χ0v) is 13.5. The van der Waals surface area contributed by atoms with Crippen molar-refractivity contribution in [1.29, 1.82) is 0 Å². The van der Waals surface area contributed by atoms with Crippen LogP contribution in [0.4, 0.5) is 0 Å². The largest absolute Gasteiger partial charge is 0.324 e. The van der Waals surface area contributed by atoms with Gasteiger partial charge in [0, 0.05) is 29.4 Å². The van der Waals surface area contributed by atoms with Crippen LogP contribution in [0.2, 0.25) is 0 Å². The van der Waals surface area contributed by atoms with Crippen molar-refractivity contribution in [2.24, 2.45) is 17.6 Å². The highest BCUT2D eigenvalue weighted by atomic mass is 14.9. The Morgan fingerprint density at radius 3 is 2.57 bits per heavy atom. The van der Waals surface area contributed by atoms with Gasteiger partial charge in [0.2, 0.25) is 0 Å². The van der Waals surface area contributed by atoms with Gasteiger partial charge in [0.05, 0.1) is 0 Å². The maximum absolute atomic E-state index is 6.25. The number of nitrogens with two attached hydrogens (primary N) is 1. The number of aromatic nitrogens is 2. The van der Waals surface area contributed by atoms with Gasteiger partial charge in [-0.15, -0.1) is 0 Å². The number of rotatable bonds is 2. The molecule has 2 aliphatic carbocycles. The van der Waals surface area contributed by atoms with E-state index in [2.05, 4.69) is 18.8 Å². The molecule has 0 aliphatic heterocycles. The average molecular weight is 287 g/mol. The molecule has 2 aliphatic rings. The number of aryl methyl sites for hydroxylation is 1. The van der Waals surface area contributed by atoms with E-state index in [0.29, 0.717) is 5.92 Å². The molecular weight excluding hydrogens is 258 g/mol. The third-order valence-corrected chi connectivity index (χ3v) is 5.58. The quantitative estimate of drug-likeness (QED) is 0.832. The van der Waals surface area contributed by atoms with Crippen LogP contribution in [0.5, 0.6) is 0 Å². The van der Waals surface area contributed by atoms with Crippen LogP contribution in [0.3, 0.4) is 0 Å². The predicted molar refractivity (Wildman–Crippen MR) is 86.1 cm³/mol. The lowest BCUT2D eigenvalue weighted by Gasteiger charge is -2.30. The first-order chi connectivity index (χ1) is 10.1. The molecule has 3 rings (SSSR count). The monoisotopic (exact) mass is 287 g/mol. The zero-order chi connectivity index (χ0) is 14.8. The van der Waals surface area contributed by atoms with E-state index >= 15 is 0 Å². The van der Waals surface area contributed by atoms with Crippen LogP contribution >= 0.6 is 0 Å². The van der Waals surface area contributed by atoms with Crippen LogP contribution in [0.25, 0.3) is 0 Å². The van der Waals surface area contributed by atoms with Gasteiger partial charge in [-0.1, -0.05) is 20.3 Å². The van der Waals surface area contributed by atoms with E-state index in [9.17, 15) is 0 Å². The number of fused-ring (bicyclic) bond motifs is 1. The highest BCUT2D eigenvalue weighted by molar-refractivity contribution is 5.23. The summed E-state index contributed by atoms with van der Waals surface area (Å²) in [5.41, 5.74) is 8.68. The SMILES string of the molecule is CC(C)C1CCC(c2ncc3c(n2)CCCCC3N)CC1. The van der Waals surface area contributed by atoms with E-state index in [1.165, 1.54) is 49.8 Å². The zero-order valence-electron chi connectivity index (χ0n) is 13.5. The Balaban J connectivity index is 1.74. The molecule has 0 saturated heterocycles. The summed E-state index contributed by atoms with van der Waals surface area (Å²) in [5.74, 6) is 3.38. The Morgan fingerprint density at radius 2 is 1.86 bits per heavy atom. The molecule has 0 aromatic carbocycles. The van der Waals surface area contributed by atoms with Crippen molar-refractivity contribution >= 4 is 0 Å². The second-order valence-corrected chi connectivity index (χ2v) is 7.34. The summed E-state index contributed by atoms with van der Waals surface area (Å²) < 4.78 is 0. The van der Waals surface area contributed by atoms with Gasteiger partial charge in [0.25, 0.3) is 0 Å². The smallest absolute Gasteiger partial charge is 0.131 e. The minimum absolute atomic E-state index is 0.147. The Hall–Kier alpha value is -0.960. The molecule has 1 unspecified atom stereocenters. The summed E-state index contributed by atoms with van der Waals surface area (Å²) in [6, 6.07) is 0.147. The van der Waals surface area contributed by atoms with Crippen molar-refractivity contribution in [1.82, 2.24) is 9.97 Å². The lowest BCUT2D eigenvalue weighted by molar-refractivity contribution is 0.254. The van der Waals surface area contributed by atoms with Gasteiger partial charge in [-0.2, -0.15) is 0 Å². The molecule has 1 heterocycles. The molecule has 0 amide bonds. The van der Waals surface area contributed by atoms with Gasteiger partial charge < -0.3 is 5.73 Å². The van der Waals surface area contributed by atoms with Crippen LogP contribution in [-0.2, 0) is 6.42 Å². The van der Waals surface area contributed by atoms with Gasteiger partial charge >= 0.3 is 0 Å². The van der Waals surface area contributed by atoms with E-state index in [1.807, 2.05) is 6.20 Å². The third-order valence-electron chi connectivity index (χ3n) is 5.58. The number of hydrogen-bond acceptors (Lipinski definition) is 3. The Kier molecular flexibility index (Phi) is 4.58. The first kappa shape index (κ1) is 15.0. The van der Waals surface area contributed by atoms with Crippen molar-refractivity contribution in [3.8, 4) is 0 Å². The second-order valence-electron chi connectivity index (χ2n) is 7.34. The molecule has 3 heteroatoms. The Labute approximate surface area is 128 Å². The summed E-state index contributed by atoms with van der Waals surface area (Å²) in [6.07, 6.45) is 11.8. The lowest BCUT2D eigenvalue weighted by Crippen LogP contribution is -2.20. The molecule has 2 N–H and O–H groups in total. The van der Waals surface area contributed by atoms with E-state index in [1.54, 1.807) is 0 Å². The van der Waals surface area contributed by atoms with Crippen LogP contribution in [0.1, 0.15) is 87.8 Å². The predicted octanol–water partition coefficient (Wildman–Crippen LogP) is 4.13. The highest BCUT2D eigenvalue weighted by Crippen LogP contribution is 2.38. The summed E-state index contributed by atoms with van der Waals surface area (Å²) in [4.78, 5) is 9.61. The minimum Gasteiger partial charge on any atom is -0.324 e. The van der Waals surface area contributed by atoms with Gasteiger partial charge in [-0.3, -0.25) is 0 Å². The van der Waals surface area contributed by atoms with E-state index in [4.69, 9.17) is 10.7 Å². The molecule has 0 radical (unpaired) electrons. The van der Waals surface area contributed by atoms with Crippen LogP contribution in [0, 0.1) is 11.8 Å². The standard InChI is InChI=1S/C18H29N3/c1-12(2)13-7-9-14(10-8-13)18-20-11-15-16(19)5-3-4-6-17(15)21-18/h11-14,16H,3-10,19H2,1-2H3. The van der Waals surface area contributed by atoms with Crippen molar-refractivity contribution in [3.05, 3.63) is 23.3 Å². The third kappa shape index (κ3) is 3.28. The average Bonchev–Trinajstić information content (AvgIpc) is 2.69. The van der Waals surface area contributed by atoms with Crippen molar-refractivity contribution < 1.29 is 0 Å². The molecule has 0 bridgehead atoms. The highest BCUT2D eigenvalue weighted by Gasteiger charge is 2.27. The Bertz CT molecular complexity index is 475. The van der Waals surface area contributed by atoms with E-state index < -0.39 is 0 Å². The molecular formula is C18H29N3. The topological polar surface area (TPSA) is 51.8 Å². The van der Waals surface area contributed by atoms with Crippen molar-refractivity contribution in [3.63, 3.8) is 0 Å². The van der Waals surface area contributed by atoms with Crippen molar-refractivity contribution in [2.75, 3.05) is 0 Å². The fourth-order valence-corrected chi connectivity index (χ4v) is 4.00. The summed E-state index contributed by atoms with van der Waals surface area (Å²) >= 11 is 0. The molecule has 1 atom stereocenters. The van der Waals surface area contributed by atoms with Crippen LogP contribution in [-0.4, -0.2) is 9.97 Å². The molecule has 3 nitrogen and oxygen atoms in total. The first-order valence-electron chi connectivity index (χ1n) is 8.76. The molecule has 21 heavy (non-hydrogen) atoms. The molecule has 116 valence electrons. The summed E-state index contributed by atoms with van der Waals surface area (Å²) in [7, 11) is 0. The number of hydrogen-bond donors (Lipinski definition) is 1. The van der Waals surface area contributed by atoms with Gasteiger partial charge in [-0.05, 0) is 56.8 Å². The molecule has 1 aromatic rings. The maximum Gasteiger partial charge on any atom is 0.131 e. The maximum atomic E-state index is 6.25. The van der Waals surface area contributed by atoms with Crippen LogP contribution < -0.4 is 5.73 Å². The lowest BCUT2D eigenvalue weighted by atomic mass is 9.76. The molecule has 1 fully saturated rings. The molecule has 1 aromatic heterocycles. The second kappa shape index (κ2) is 6.43. The summed E-state index contributed by atoms with van der Waals surface area (Å²) in [6.45, 7) is 4.70. The molecule has 1 saturated carbocycles. The number of nitrogens with zero attached hydrogens (tertiary/aromatic N) is 2. The van der Waals surface area contributed by atoms with E-state index in [-0.39, 0.29) is 6.04 Å². The summed E-state index contributed by atoms with van der Waals surface area (Å²) in [5, 5.41) is 0. The van der Waals surface area contributed by atoms with Gasteiger partial charge in [0.15, 0.2) is 0 Å². The fraction of sp³-hybridized carbons (Fsp3) is 0.778. The fourth-order valence-electron chi connectivity index (χ4n) is 4.00. The van der Waals surface area contributed by atoms with Crippen molar-refractivity contribution in [2.45, 2.75) is 77.2 Å². The van der Waals surface area contributed by atoms with Crippen LogP contribution in [0.15, 0.2) is 6.20 Å². The van der Waals surface area contributed by atoms with Gasteiger partial charge in [-0.25, -0.2) is 9.97 Å². The first-order valence-corrected chi connectivity index (χ1v) is 8.76. The minimum atomic E-state index is 0.147. The van der Waals surface area contributed by atoms with E-state index in [0.717, 1.165) is 30.5 Å². The van der Waals surface area contributed by atoms with Gasteiger partial charge in [0.1, 0.15) is 5.82 Å². The normalized spacial score (nSPS) is 30.0.